The molecule has 3 nitrogen and oxygen atoms in total. The van der Waals surface area contributed by atoms with Gasteiger partial charge in [0.05, 0.1) is 13.2 Å². The first-order valence-electron chi connectivity index (χ1n) is 6.76. The Hall–Kier alpha value is -1.22. The summed E-state index contributed by atoms with van der Waals surface area (Å²) in [4.78, 5) is 0. The summed E-state index contributed by atoms with van der Waals surface area (Å²) in [6, 6.07) is 6.07. The number of nitrogens with two attached hydrogens (primary N) is 1. The third-order valence-electron chi connectivity index (χ3n) is 2.69. The van der Waals surface area contributed by atoms with Crippen LogP contribution in [0.25, 0.3) is 0 Å². The number of benzene rings is 1. The molecule has 0 fully saturated rings. The summed E-state index contributed by atoms with van der Waals surface area (Å²) < 4.78 is 11.4. The fourth-order valence-corrected chi connectivity index (χ4v) is 1.67. The Morgan fingerprint density at radius 3 is 2.56 bits per heavy atom. The second kappa shape index (κ2) is 7.98. The average molecular weight is 251 g/mol. The molecule has 0 aliphatic heterocycles. The van der Waals surface area contributed by atoms with Crippen LogP contribution in [0.3, 0.4) is 0 Å². The molecule has 0 bridgehead atoms. The lowest BCUT2D eigenvalue weighted by Crippen LogP contribution is -2.06. The second-order valence-electron chi connectivity index (χ2n) is 4.78. The van der Waals surface area contributed by atoms with Crippen LogP contribution in [0, 0.1) is 5.92 Å². The van der Waals surface area contributed by atoms with Gasteiger partial charge >= 0.3 is 0 Å². The largest absolute Gasteiger partial charge is 0.490 e. The molecule has 2 N–H and O–H groups in total. The van der Waals surface area contributed by atoms with Gasteiger partial charge in [-0.1, -0.05) is 19.9 Å². The molecule has 0 amide bonds. The van der Waals surface area contributed by atoms with Crippen molar-refractivity contribution < 1.29 is 9.47 Å². The normalized spacial score (nSPS) is 10.7. The second-order valence-corrected chi connectivity index (χ2v) is 4.78. The zero-order chi connectivity index (χ0) is 13.4. The highest BCUT2D eigenvalue weighted by molar-refractivity contribution is 5.43. The van der Waals surface area contributed by atoms with E-state index in [9.17, 15) is 0 Å². The predicted octanol–water partition coefficient (Wildman–Crippen LogP) is 3.01. The van der Waals surface area contributed by atoms with Crippen molar-refractivity contribution in [1.29, 1.82) is 0 Å². The molecule has 0 radical (unpaired) electrons. The van der Waals surface area contributed by atoms with Crippen molar-refractivity contribution in [2.45, 2.75) is 33.6 Å². The van der Waals surface area contributed by atoms with Crippen LogP contribution in [0.5, 0.6) is 11.5 Å². The third-order valence-corrected chi connectivity index (χ3v) is 2.69. The van der Waals surface area contributed by atoms with Crippen LogP contribution in [0.1, 0.15) is 32.8 Å². The Kier molecular flexibility index (Phi) is 6.58. The Balaban J connectivity index is 2.69. The highest BCUT2D eigenvalue weighted by atomic mass is 16.5. The summed E-state index contributed by atoms with van der Waals surface area (Å²) in [7, 11) is 0. The van der Waals surface area contributed by atoms with Crippen LogP contribution >= 0.6 is 0 Å². The zero-order valence-electron chi connectivity index (χ0n) is 11.7. The van der Waals surface area contributed by atoms with E-state index in [1.807, 2.05) is 19.1 Å². The monoisotopic (exact) mass is 251 g/mol. The van der Waals surface area contributed by atoms with E-state index < -0.39 is 0 Å². The van der Waals surface area contributed by atoms with E-state index in [0.717, 1.165) is 30.9 Å². The van der Waals surface area contributed by atoms with E-state index in [1.54, 1.807) is 0 Å². The van der Waals surface area contributed by atoms with E-state index in [-0.39, 0.29) is 0 Å². The maximum absolute atomic E-state index is 5.78. The maximum Gasteiger partial charge on any atom is 0.161 e. The Labute approximate surface area is 110 Å². The number of hydrogen-bond donors (Lipinski definition) is 1. The maximum atomic E-state index is 5.78. The minimum Gasteiger partial charge on any atom is -0.490 e. The number of ether oxygens (including phenoxy) is 2. The predicted molar refractivity (Wildman–Crippen MR) is 75.3 cm³/mol. The highest BCUT2D eigenvalue weighted by Gasteiger charge is 2.06. The minimum atomic E-state index is 0.645. The quantitative estimate of drug-likeness (QED) is 0.772. The van der Waals surface area contributed by atoms with Gasteiger partial charge in [-0.05, 0) is 49.9 Å². The molecule has 102 valence electrons. The van der Waals surface area contributed by atoms with Crippen LogP contribution in [0.4, 0.5) is 0 Å². The first-order chi connectivity index (χ1) is 8.67. The van der Waals surface area contributed by atoms with E-state index in [2.05, 4.69) is 19.9 Å². The topological polar surface area (TPSA) is 44.5 Å². The molecule has 1 aromatic rings. The molecule has 0 aromatic heterocycles. The van der Waals surface area contributed by atoms with Gasteiger partial charge in [0, 0.05) is 0 Å². The smallest absolute Gasteiger partial charge is 0.161 e. The van der Waals surface area contributed by atoms with E-state index in [1.165, 1.54) is 5.56 Å². The van der Waals surface area contributed by atoms with Gasteiger partial charge in [0.2, 0.25) is 0 Å². The lowest BCUT2D eigenvalue weighted by Gasteiger charge is -2.14. The molecule has 0 saturated heterocycles. The van der Waals surface area contributed by atoms with Crippen LogP contribution in [0.15, 0.2) is 18.2 Å². The standard InChI is InChI=1S/C15H25NO2/c1-4-17-15-11-13(7-9-16)5-6-14(15)18-10-8-12(2)3/h5-6,11-12H,4,7-10,16H2,1-3H3. The van der Waals surface area contributed by atoms with Gasteiger partial charge in [0.1, 0.15) is 0 Å². The molecule has 3 heteroatoms. The molecule has 0 heterocycles. The van der Waals surface area contributed by atoms with Crippen LogP contribution in [0.2, 0.25) is 0 Å². The Morgan fingerprint density at radius 2 is 1.94 bits per heavy atom. The molecule has 0 aliphatic carbocycles. The molecular formula is C15H25NO2. The van der Waals surface area contributed by atoms with Gasteiger partial charge in [-0.3, -0.25) is 0 Å². The fraction of sp³-hybridized carbons (Fsp3) is 0.600. The average Bonchev–Trinajstić information content (AvgIpc) is 2.32. The molecule has 0 spiro atoms. The zero-order valence-corrected chi connectivity index (χ0v) is 11.7. The van der Waals surface area contributed by atoms with E-state index in [0.29, 0.717) is 19.1 Å². The molecule has 1 aromatic carbocycles. The van der Waals surface area contributed by atoms with Crippen molar-refractivity contribution >= 4 is 0 Å². The fourth-order valence-electron chi connectivity index (χ4n) is 1.67. The van der Waals surface area contributed by atoms with Gasteiger partial charge in [0.15, 0.2) is 11.5 Å². The van der Waals surface area contributed by atoms with E-state index in [4.69, 9.17) is 15.2 Å². The lowest BCUT2D eigenvalue weighted by molar-refractivity contribution is 0.261. The Morgan fingerprint density at radius 1 is 1.17 bits per heavy atom. The van der Waals surface area contributed by atoms with Crippen LogP contribution in [-0.4, -0.2) is 19.8 Å². The summed E-state index contributed by atoms with van der Waals surface area (Å²) in [5.74, 6) is 2.31. The summed E-state index contributed by atoms with van der Waals surface area (Å²) in [5.41, 5.74) is 6.76. The number of rotatable bonds is 8. The molecule has 1 rings (SSSR count). The Bertz CT molecular complexity index is 350. The SMILES string of the molecule is CCOc1cc(CCN)ccc1OCCC(C)C. The van der Waals surface area contributed by atoms with Crippen molar-refractivity contribution in [1.82, 2.24) is 0 Å². The van der Waals surface area contributed by atoms with Crippen molar-refractivity contribution in [2.24, 2.45) is 11.7 Å². The van der Waals surface area contributed by atoms with Crippen molar-refractivity contribution in [3.8, 4) is 11.5 Å². The minimum absolute atomic E-state index is 0.645. The van der Waals surface area contributed by atoms with Gasteiger partial charge < -0.3 is 15.2 Å². The highest BCUT2D eigenvalue weighted by Crippen LogP contribution is 2.29. The van der Waals surface area contributed by atoms with Crippen molar-refractivity contribution in [3.05, 3.63) is 23.8 Å². The van der Waals surface area contributed by atoms with Crippen LogP contribution in [-0.2, 0) is 6.42 Å². The van der Waals surface area contributed by atoms with Gasteiger partial charge in [-0.2, -0.15) is 0 Å². The van der Waals surface area contributed by atoms with E-state index >= 15 is 0 Å². The summed E-state index contributed by atoms with van der Waals surface area (Å²) in [5, 5.41) is 0. The van der Waals surface area contributed by atoms with Gasteiger partial charge in [-0.25, -0.2) is 0 Å². The number of hydrogen-bond acceptors (Lipinski definition) is 3. The third kappa shape index (κ3) is 4.96. The van der Waals surface area contributed by atoms with Gasteiger partial charge in [-0.15, -0.1) is 0 Å². The van der Waals surface area contributed by atoms with Gasteiger partial charge in [0.25, 0.3) is 0 Å². The first-order valence-corrected chi connectivity index (χ1v) is 6.76. The molecule has 0 saturated carbocycles. The summed E-state index contributed by atoms with van der Waals surface area (Å²) in [6.07, 6.45) is 1.92. The molecule has 18 heavy (non-hydrogen) atoms. The van der Waals surface area contributed by atoms with Crippen molar-refractivity contribution in [3.63, 3.8) is 0 Å². The van der Waals surface area contributed by atoms with Crippen molar-refractivity contribution in [2.75, 3.05) is 19.8 Å². The summed E-state index contributed by atoms with van der Waals surface area (Å²) >= 11 is 0. The molecule has 0 aliphatic rings. The van der Waals surface area contributed by atoms with Crippen LogP contribution < -0.4 is 15.2 Å². The first kappa shape index (κ1) is 14.8. The molecular weight excluding hydrogens is 226 g/mol. The summed E-state index contributed by atoms with van der Waals surface area (Å²) in [6.45, 7) is 8.39. The molecule has 0 unspecified atom stereocenters. The lowest BCUT2D eigenvalue weighted by atomic mass is 10.1. The molecule has 0 atom stereocenters.